The van der Waals surface area contributed by atoms with Crippen molar-refractivity contribution in [3.8, 4) is 11.5 Å². The van der Waals surface area contributed by atoms with E-state index in [2.05, 4.69) is 24.1 Å². The second-order valence-corrected chi connectivity index (χ2v) is 4.57. The van der Waals surface area contributed by atoms with E-state index >= 15 is 0 Å². The Hall–Kier alpha value is -1.94. The average molecular weight is 260 g/mol. The molecule has 1 N–H and O–H groups in total. The Balaban J connectivity index is 2.13. The highest BCUT2D eigenvalue weighted by atomic mass is 19.1. The van der Waals surface area contributed by atoms with Crippen LogP contribution in [-0.2, 0) is 6.54 Å². The molecule has 0 aliphatic carbocycles. The van der Waals surface area contributed by atoms with Crippen molar-refractivity contribution in [3.05, 3.63) is 54.1 Å². The van der Waals surface area contributed by atoms with Gasteiger partial charge in [-0.05, 0) is 30.3 Å². The lowest BCUT2D eigenvalue weighted by atomic mass is 10.2. The number of hydrogen-bond acceptors (Lipinski definition) is 3. The van der Waals surface area contributed by atoms with E-state index < -0.39 is 0 Å². The van der Waals surface area contributed by atoms with Crippen LogP contribution in [0.15, 0.2) is 42.7 Å². The third-order valence-electron chi connectivity index (χ3n) is 2.60. The van der Waals surface area contributed by atoms with Gasteiger partial charge >= 0.3 is 0 Å². The normalized spacial score (nSPS) is 10.7. The first-order chi connectivity index (χ1) is 9.15. The molecular weight excluding hydrogens is 243 g/mol. The van der Waals surface area contributed by atoms with Crippen LogP contribution in [-0.4, -0.2) is 11.0 Å². The van der Waals surface area contributed by atoms with Gasteiger partial charge in [0, 0.05) is 30.5 Å². The maximum Gasteiger partial charge on any atom is 0.134 e. The zero-order chi connectivity index (χ0) is 13.7. The van der Waals surface area contributed by atoms with Gasteiger partial charge in [-0.15, -0.1) is 0 Å². The second-order valence-electron chi connectivity index (χ2n) is 4.57. The van der Waals surface area contributed by atoms with Gasteiger partial charge in [0.05, 0.1) is 0 Å². The molecule has 0 fully saturated rings. The van der Waals surface area contributed by atoms with Crippen molar-refractivity contribution >= 4 is 0 Å². The zero-order valence-corrected chi connectivity index (χ0v) is 11.1. The van der Waals surface area contributed by atoms with Crippen molar-refractivity contribution in [1.29, 1.82) is 0 Å². The van der Waals surface area contributed by atoms with E-state index in [9.17, 15) is 4.39 Å². The lowest BCUT2D eigenvalue weighted by Crippen LogP contribution is -2.22. The molecule has 0 atom stereocenters. The predicted molar refractivity (Wildman–Crippen MR) is 72.7 cm³/mol. The molecule has 0 spiro atoms. The second kappa shape index (κ2) is 6.29. The van der Waals surface area contributed by atoms with Crippen LogP contribution in [0.3, 0.4) is 0 Å². The van der Waals surface area contributed by atoms with E-state index in [1.165, 1.54) is 12.1 Å². The summed E-state index contributed by atoms with van der Waals surface area (Å²) in [5.74, 6) is 1.07. The molecule has 0 aliphatic rings. The number of aromatic nitrogens is 1. The molecule has 100 valence electrons. The molecule has 0 amide bonds. The number of benzene rings is 1. The molecule has 1 heterocycles. The van der Waals surface area contributed by atoms with Crippen LogP contribution in [0, 0.1) is 5.82 Å². The smallest absolute Gasteiger partial charge is 0.134 e. The summed E-state index contributed by atoms with van der Waals surface area (Å²) in [6.07, 6.45) is 3.45. The molecule has 0 saturated heterocycles. The first-order valence-electron chi connectivity index (χ1n) is 6.25. The summed E-state index contributed by atoms with van der Waals surface area (Å²) < 4.78 is 18.6. The Labute approximate surface area is 112 Å². The fourth-order valence-electron chi connectivity index (χ4n) is 1.59. The highest BCUT2D eigenvalue weighted by molar-refractivity contribution is 5.35. The topological polar surface area (TPSA) is 34.2 Å². The number of ether oxygens (including phenoxy) is 1. The molecule has 0 saturated carbocycles. The van der Waals surface area contributed by atoms with Gasteiger partial charge in [-0.3, -0.25) is 4.98 Å². The van der Waals surface area contributed by atoms with Gasteiger partial charge in [0.2, 0.25) is 0 Å². The Kier molecular flexibility index (Phi) is 4.47. The van der Waals surface area contributed by atoms with E-state index in [4.69, 9.17) is 4.74 Å². The molecule has 4 heteroatoms. The number of pyridine rings is 1. The van der Waals surface area contributed by atoms with Gasteiger partial charge in [-0.25, -0.2) is 4.39 Å². The third kappa shape index (κ3) is 4.03. The quantitative estimate of drug-likeness (QED) is 0.893. The summed E-state index contributed by atoms with van der Waals surface area (Å²) in [5, 5.41) is 3.32. The highest BCUT2D eigenvalue weighted by Gasteiger charge is 2.05. The van der Waals surface area contributed by atoms with Gasteiger partial charge < -0.3 is 10.1 Å². The van der Waals surface area contributed by atoms with E-state index in [1.54, 1.807) is 30.6 Å². The fourth-order valence-corrected chi connectivity index (χ4v) is 1.59. The number of hydrogen-bond donors (Lipinski definition) is 1. The van der Waals surface area contributed by atoms with E-state index in [-0.39, 0.29) is 5.82 Å². The molecule has 1 aromatic carbocycles. The van der Waals surface area contributed by atoms with Gasteiger partial charge in [0.15, 0.2) is 0 Å². The zero-order valence-electron chi connectivity index (χ0n) is 11.1. The van der Waals surface area contributed by atoms with Crippen molar-refractivity contribution in [2.24, 2.45) is 0 Å². The molecule has 1 aromatic heterocycles. The summed E-state index contributed by atoms with van der Waals surface area (Å²) in [4.78, 5) is 4.10. The van der Waals surface area contributed by atoms with Crippen molar-refractivity contribution in [2.45, 2.75) is 26.4 Å². The van der Waals surface area contributed by atoms with Crippen molar-refractivity contribution in [1.82, 2.24) is 10.3 Å². The van der Waals surface area contributed by atoms with E-state index in [1.807, 2.05) is 0 Å². The molecule has 0 unspecified atom stereocenters. The van der Waals surface area contributed by atoms with Crippen LogP contribution in [0.4, 0.5) is 4.39 Å². The summed E-state index contributed by atoms with van der Waals surface area (Å²) in [6, 6.07) is 8.16. The highest BCUT2D eigenvalue weighted by Crippen LogP contribution is 2.24. The average Bonchev–Trinajstić information content (AvgIpc) is 2.40. The lowest BCUT2D eigenvalue weighted by molar-refractivity contribution is 0.466. The molecular formula is C15H17FN2O. The minimum Gasteiger partial charge on any atom is -0.457 e. The van der Waals surface area contributed by atoms with Crippen LogP contribution in [0.2, 0.25) is 0 Å². The third-order valence-corrected chi connectivity index (χ3v) is 2.60. The Morgan fingerprint density at radius 3 is 2.63 bits per heavy atom. The van der Waals surface area contributed by atoms with Crippen LogP contribution >= 0.6 is 0 Å². The minimum atomic E-state index is -0.274. The molecule has 0 bridgehead atoms. The summed E-state index contributed by atoms with van der Waals surface area (Å²) >= 11 is 0. The number of rotatable bonds is 5. The van der Waals surface area contributed by atoms with Gasteiger partial charge in [0.1, 0.15) is 17.3 Å². The maximum absolute atomic E-state index is 12.8. The number of halogens is 1. The molecule has 2 aromatic rings. The molecule has 0 aliphatic heterocycles. The monoisotopic (exact) mass is 260 g/mol. The first kappa shape index (κ1) is 13.5. The largest absolute Gasteiger partial charge is 0.457 e. The van der Waals surface area contributed by atoms with E-state index in [0.29, 0.717) is 18.3 Å². The molecule has 19 heavy (non-hydrogen) atoms. The van der Waals surface area contributed by atoms with Crippen molar-refractivity contribution in [3.63, 3.8) is 0 Å². The standard InChI is InChI=1S/C15H17FN2O/c1-11(2)18-10-12-9-17-8-7-15(12)19-14-5-3-13(16)4-6-14/h3-9,11,18H,10H2,1-2H3. The van der Waals surface area contributed by atoms with Crippen LogP contribution in [0.5, 0.6) is 11.5 Å². The summed E-state index contributed by atoms with van der Waals surface area (Å²) in [6.45, 7) is 4.84. The number of nitrogens with one attached hydrogen (secondary N) is 1. The molecule has 0 radical (unpaired) electrons. The molecule has 2 rings (SSSR count). The predicted octanol–water partition coefficient (Wildman–Crippen LogP) is 3.51. The van der Waals surface area contributed by atoms with Crippen LogP contribution in [0.25, 0.3) is 0 Å². The fraction of sp³-hybridized carbons (Fsp3) is 0.267. The Morgan fingerprint density at radius 1 is 1.21 bits per heavy atom. The Morgan fingerprint density at radius 2 is 1.95 bits per heavy atom. The van der Waals surface area contributed by atoms with E-state index in [0.717, 1.165) is 11.3 Å². The SMILES string of the molecule is CC(C)NCc1cnccc1Oc1ccc(F)cc1. The van der Waals surface area contributed by atoms with Gasteiger partial charge in [-0.2, -0.15) is 0 Å². The first-order valence-corrected chi connectivity index (χ1v) is 6.25. The van der Waals surface area contributed by atoms with Crippen LogP contribution in [0.1, 0.15) is 19.4 Å². The van der Waals surface area contributed by atoms with Gasteiger partial charge in [0.25, 0.3) is 0 Å². The molecule has 3 nitrogen and oxygen atoms in total. The number of nitrogens with zero attached hydrogens (tertiary/aromatic N) is 1. The van der Waals surface area contributed by atoms with Gasteiger partial charge in [-0.1, -0.05) is 13.8 Å². The summed E-state index contributed by atoms with van der Waals surface area (Å²) in [7, 11) is 0. The van der Waals surface area contributed by atoms with Crippen molar-refractivity contribution < 1.29 is 9.13 Å². The van der Waals surface area contributed by atoms with Crippen LogP contribution < -0.4 is 10.1 Å². The Bertz CT molecular complexity index is 526. The lowest BCUT2D eigenvalue weighted by Gasteiger charge is -2.12. The van der Waals surface area contributed by atoms with Crippen molar-refractivity contribution in [2.75, 3.05) is 0 Å². The minimum absolute atomic E-state index is 0.274. The maximum atomic E-state index is 12.8. The summed E-state index contributed by atoms with van der Waals surface area (Å²) in [5.41, 5.74) is 0.973.